The maximum Gasteiger partial charge on any atom is 0.412 e. The van der Waals surface area contributed by atoms with E-state index < -0.39 is 17.6 Å². The van der Waals surface area contributed by atoms with Crippen LogP contribution in [0, 0.1) is 0 Å². The molecule has 6 heteroatoms. The van der Waals surface area contributed by atoms with Gasteiger partial charge < -0.3 is 15.2 Å². The Labute approximate surface area is 124 Å². The van der Waals surface area contributed by atoms with E-state index in [0.29, 0.717) is 5.69 Å². The number of carbonyl (C=O) groups excluding carboxylic acids is 2. The molecule has 1 amide bonds. The van der Waals surface area contributed by atoms with Crippen LogP contribution in [0.25, 0.3) is 0 Å². The molecule has 0 spiro atoms. The molecule has 0 heterocycles. The third-order valence-corrected chi connectivity index (χ3v) is 2.68. The zero-order valence-electron chi connectivity index (χ0n) is 12.8. The molecule has 1 aromatic rings. The van der Waals surface area contributed by atoms with E-state index in [1.165, 1.54) is 7.11 Å². The summed E-state index contributed by atoms with van der Waals surface area (Å²) in [5.41, 5.74) is 6.34. The van der Waals surface area contributed by atoms with E-state index in [1.54, 1.807) is 45.0 Å². The van der Waals surface area contributed by atoms with Crippen molar-refractivity contribution in [1.29, 1.82) is 0 Å². The van der Waals surface area contributed by atoms with Gasteiger partial charge in [-0.1, -0.05) is 12.1 Å². The minimum Gasteiger partial charge on any atom is -0.469 e. The summed E-state index contributed by atoms with van der Waals surface area (Å²) in [6.45, 7) is 5.53. The number of carbonyl (C=O) groups is 2. The highest BCUT2D eigenvalue weighted by Gasteiger charge is 2.20. The lowest BCUT2D eigenvalue weighted by atomic mass is 9.99. The lowest BCUT2D eigenvalue weighted by molar-refractivity contribution is -0.142. The van der Waals surface area contributed by atoms with Crippen molar-refractivity contribution in [3.05, 3.63) is 29.8 Å². The molecular formula is C15H22N2O4. The van der Waals surface area contributed by atoms with Crippen LogP contribution in [-0.4, -0.2) is 31.3 Å². The lowest BCUT2D eigenvalue weighted by Crippen LogP contribution is -2.27. The van der Waals surface area contributed by atoms with E-state index in [0.717, 1.165) is 5.56 Å². The highest BCUT2D eigenvalue weighted by Crippen LogP contribution is 2.19. The first kappa shape index (κ1) is 17.0. The summed E-state index contributed by atoms with van der Waals surface area (Å²) in [5, 5.41) is 2.62. The van der Waals surface area contributed by atoms with E-state index in [-0.39, 0.29) is 12.5 Å². The fraction of sp³-hybridized carbons (Fsp3) is 0.467. The van der Waals surface area contributed by atoms with Crippen molar-refractivity contribution in [1.82, 2.24) is 0 Å². The van der Waals surface area contributed by atoms with Crippen LogP contribution in [-0.2, 0) is 14.3 Å². The Morgan fingerprint density at radius 1 is 1.24 bits per heavy atom. The van der Waals surface area contributed by atoms with Crippen molar-refractivity contribution in [3.8, 4) is 0 Å². The summed E-state index contributed by atoms with van der Waals surface area (Å²) in [6, 6.07) is 6.82. The van der Waals surface area contributed by atoms with Gasteiger partial charge in [-0.05, 0) is 38.5 Å². The van der Waals surface area contributed by atoms with Crippen LogP contribution in [0.2, 0.25) is 0 Å². The summed E-state index contributed by atoms with van der Waals surface area (Å²) in [4.78, 5) is 23.2. The van der Waals surface area contributed by atoms with Gasteiger partial charge in [0.05, 0.1) is 13.0 Å². The molecule has 0 aliphatic heterocycles. The van der Waals surface area contributed by atoms with Gasteiger partial charge in [0.15, 0.2) is 0 Å². The van der Waals surface area contributed by atoms with Gasteiger partial charge in [-0.25, -0.2) is 4.79 Å². The summed E-state index contributed by atoms with van der Waals surface area (Å²) in [7, 11) is 1.32. The fourth-order valence-electron chi connectivity index (χ4n) is 1.73. The maximum atomic E-state index is 11.6. The summed E-state index contributed by atoms with van der Waals surface area (Å²) < 4.78 is 9.85. The number of methoxy groups -OCH3 is 1. The first-order valence-electron chi connectivity index (χ1n) is 6.64. The highest BCUT2D eigenvalue weighted by molar-refractivity contribution is 5.85. The summed E-state index contributed by atoms with van der Waals surface area (Å²) >= 11 is 0. The average Bonchev–Trinajstić information content (AvgIpc) is 2.39. The van der Waals surface area contributed by atoms with Crippen molar-refractivity contribution in [2.45, 2.75) is 32.3 Å². The van der Waals surface area contributed by atoms with E-state index in [2.05, 4.69) is 5.32 Å². The molecule has 6 nitrogen and oxygen atoms in total. The number of hydrogen-bond donors (Lipinski definition) is 2. The summed E-state index contributed by atoms with van der Waals surface area (Å²) in [6.07, 6.45) is -0.529. The Balaban J connectivity index is 2.74. The minimum atomic E-state index is -0.556. The Morgan fingerprint density at radius 2 is 1.81 bits per heavy atom. The second kappa shape index (κ2) is 7.08. The van der Waals surface area contributed by atoms with Gasteiger partial charge in [-0.2, -0.15) is 0 Å². The van der Waals surface area contributed by atoms with Gasteiger partial charge in [-0.3, -0.25) is 10.1 Å². The summed E-state index contributed by atoms with van der Waals surface area (Å²) in [5.74, 6) is -0.893. The van der Waals surface area contributed by atoms with E-state index in [9.17, 15) is 9.59 Å². The molecule has 21 heavy (non-hydrogen) atoms. The number of hydrogen-bond acceptors (Lipinski definition) is 5. The second-order valence-electron chi connectivity index (χ2n) is 5.56. The van der Waals surface area contributed by atoms with Crippen molar-refractivity contribution >= 4 is 17.7 Å². The van der Waals surface area contributed by atoms with Crippen LogP contribution in [0.5, 0.6) is 0 Å². The molecule has 1 unspecified atom stereocenters. The predicted molar refractivity (Wildman–Crippen MR) is 80.1 cm³/mol. The molecule has 0 aliphatic rings. The SMILES string of the molecule is COC(=O)C(CN)c1ccc(NC(=O)OC(C)(C)C)cc1. The Bertz CT molecular complexity index is 491. The van der Waals surface area contributed by atoms with Gasteiger partial charge in [0.25, 0.3) is 0 Å². The monoisotopic (exact) mass is 294 g/mol. The number of rotatable bonds is 4. The van der Waals surface area contributed by atoms with Crippen LogP contribution in [0.15, 0.2) is 24.3 Å². The largest absolute Gasteiger partial charge is 0.469 e. The number of anilines is 1. The number of ether oxygens (including phenoxy) is 2. The van der Waals surface area contributed by atoms with Crippen molar-refractivity contribution < 1.29 is 19.1 Å². The Hall–Kier alpha value is -2.08. The molecule has 116 valence electrons. The van der Waals surface area contributed by atoms with Crippen LogP contribution in [0.4, 0.5) is 10.5 Å². The molecule has 0 aliphatic carbocycles. The standard InChI is InChI=1S/C15H22N2O4/c1-15(2,3)21-14(19)17-11-7-5-10(6-8-11)12(9-16)13(18)20-4/h5-8,12H,9,16H2,1-4H3,(H,17,19). The molecule has 0 saturated heterocycles. The second-order valence-corrected chi connectivity index (χ2v) is 5.56. The van der Waals surface area contributed by atoms with Crippen LogP contribution < -0.4 is 11.1 Å². The fourth-order valence-corrected chi connectivity index (χ4v) is 1.73. The van der Waals surface area contributed by atoms with E-state index in [4.69, 9.17) is 15.2 Å². The smallest absolute Gasteiger partial charge is 0.412 e. The molecule has 0 bridgehead atoms. The van der Waals surface area contributed by atoms with Gasteiger partial charge in [-0.15, -0.1) is 0 Å². The predicted octanol–water partition coefficient (Wildman–Crippen LogP) is 2.25. The van der Waals surface area contributed by atoms with Crippen LogP contribution in [0.3, 0.4) is 0 Å². The quantitative estimate of drug-likeness (QED) is 0.831. The number of amides is 1. The zero-order valence-corrected chi connectivity index (χ0v) is 12.8. The number of nitrogens with two attached hydrogens (primary N) is 1. The molecule has 1 rings (SSSR count). The molecule has 0 saturated carbocycles. The Kier molecular flexibility index (Phi) is 5.72. The van der Waals surface area contributed by atoms with E-state index >= 15 is 0 Å². The first-order valence-corrected chi connectivity index (χ1v) is 6.64. The lowest BCUT2D eigenvalue weighted by Gasteiger charge is -2.20. The van der Waals surface area contributed by atoms with Gasteiger partial charge in [0.2, 0.25) is 0 Å². The molecule has 3 N–H and O–H groups in total. The number of benzene rings is 1. The first-order chi connectivity index (χ1) is 9.76. The third-order valence-electron chi connectivity index (χ3n) is 2.68. The minimum absolute atomic E-state index is 0.158. The van der Waals surface area contributed by atoms with Crippen molar-refractivity contribution in [2.24, 2.45) is 5.73 Å². The van der Waals surface area contributed by atoms with Crippen LogP contribution >= 0.6 is 0 Å². The molecule has 1 atom stereocenters. The average molecular weight is 294 g/mol. The van der Waals surface area contributed by atoms with Gasteiger partial charge in [0, 0.05) is 12.2 Å². The van der Waals surface area contributed by atoms with Gasteiger partial charge in [0.1, 0.15) is 5.60 Å². The molecule has 0 radical (unpaired) electrons. The number of nitrogens with one attached hydrogen (secondary N) is 1. The molecule has 0 aromatic heterocycles. The maximum absolute atomic E-state index is 11.6. The number of esters is 1. The third kappa shape index (κ3) is 5.43. The van der Waals surface area contributed by atoms with Gasteiger partial charge >= 0.3 is 12.1 Å². The molecular weight excluding hydrogens is 272 g/mol. The van der Waals surface area contributed by atoms with Crippen LogP contribution in [0.1, 0.15) is 32.3 Å². The Morgan fingerprint density at radius 3 is 2.24 bits per heavy atom. The topological polar surface area (TPSA) is 90.6 Å². The van der Waals surface area contributed by atoms with Crippen molar-refractivity contribution in [2.75, 3.05) is 19.0 Å². The highest BCUT2D eigenvalue weighted by atomic mass is 16.6. The van der Waals surface area contributed by atoms with Crippen molar-refractivity contribution in [3.63, 3.8) is 0 Å². The molecule has 1 aromatic carbocycles. The van der Waals surface area contributed by atoms with E-state index in [1.807, 2.05) is 0 Å². The normalized spacial score (nSPS) is 12.4. The zero-order chi connectivity index (χ0) is 16.0. The molecule has 0 fully saturated rings.